The molecule has 0 radical (unpaired) electrons. The molecule has 6 nitrogen and oxygen atoms in total. The first kappa shape index (κ1) is 21.0. The number of allylic oxidation sites excluding steroid dienone is 1. The van der Waals surface area contributed by atoms with Gasteiger partial charge in [0, 0.05) is 11.8 Å². The third kappa shape index (κ3) is 3.24. The first-order chi connectivity index (χ1) is 15.7. The topological polar surface area (TPSA) is 70.0 Å². The minimum absolute atomic E-state index is 0.128. The van der Waals surface area contributed by atoms with Crippen LogP contribution < -0.4 is 4.90 Å². The molecule has 4 atom stereocenters. The Morgan fingerprint density at radius 2 is 1.67 bits per heavy atom. The van der Waals surface area contributed by atoms with E-state index in [-0.39, 0.29) is 11.3 Å². The normalized spacial score (nSPS) is 26.1. The predicted octanol–water partition coefficient (Wildman–Crippen LogP) is 3.44. The first-order valence-corrected chi connectivity index (χ1v) is 10.0. The Kier molecular flexibility index (Phi) is 4.70. The molecule has 2 aromatic rings. The molecule has 33 heavy (non-hydrogen) atoms. The molecule has 3 heterocycles. The summed E-state index contributed by atoms with van der Waals surface area (Å²) in [6, 6.07) is 6.81. The molecule has 0 unspecified atom stereocenters. The second-order valence-electron chi connectivity index (χ2n) is 7.95. The second-order valence-corrected chi connectivity index (χ2v) is 7.95. The number of hydrogen-bond acceptors (Lipinski definition) is 5. The fourth-order valence-corrected chi connectivity index (χ4v) is 4.70. The Bertz CT molecular complexity index is 1220. The number of ketones is 1. The quantitative estimate of drug-likeness (QED) is 0.402. The van der Waals surface area contributed by atoms with E-state index < -0.39 is 59.1 Å². The lowest BCUT2D eigenvalue weighted by Gasteiger charge is -2.30. The highest BCUT2D eigenvalue weighted by atomic mass is 19.4. The zero-order valence-electron chi connectivity index (χ0n) is 16.7. The number of rotatable bonds is 3. The summed E-state index contributed by atoms with van der Waals surface area (Å²) < 4.78 is 52.9. The summed E-state index contributed by atoms with van der Waals surface area (Å²) in [6.45, 7) is 0. The zero-order chi connectivity index (χ0) is 23.5. The van der Waals surface area contributed by atoms with Crippen LogP contribution in [-0.2, 0) is 15.8 Å². The van der Waals surface area contributed by atoms with Crippen molar-refractivity contribution in [1.29, 1.82) is 0 Å². The number of nitrogens with zero attached hydrogens (tertiary/aromatic N) is 3. The Balaban J connectivity index is 1.57. The average Bonchev–Trinajstić information content (AvgIpc) is 3.26. The van der Waals surface area contributed by atoms with Gasteiger partial charge in [-0.2, -0.15) is 18.3 Å². The standard InChI is InChI=1S/C23H15F4N3O3/c24-14-8-6-12(7-9-14)20(31)19-18-17(16-5-2-10-28-30(16)19)21(32)29(22(18)33)15-4-1-3-13(11-15)23(25,26)27/h1-11,16-19H/t16-,17-,18-,19+/m0/s1. The number of carbonyl (C=O) groups excluding carboxylic acids is 3. The molecule has 0 aliphatic carbocycles. The van der Waals surface area contributed by atoms with Gasteiger partial charge in [0.2, 0.25) is 11.8 Å². The number of imide groups is 1. The number of amides is 2. The van der Waals surface area contributed by atoms with Gasteiger partial charge in [-0.1, -0.05) is 12.1 Å². The van der Waals surface area contributed by atoms with Crippen LogP contribution in [0.5, 0.6) is 0 Å². The van der Waals surface area contributed by atoms with Crippen LogP contribution in [0.3, 0.4) is 0 Å². The Hall–Kier alpha value is -3.82. The van der Waals surface area contributed by atoms with Crippen molar-refractivity contribution >= 4 is 29.5 Å². The van der Waals surface area contributed by atoms with Crippen molar-refractivity contribution in [2.45, 2.75) is 18.3 Å². The van der Waals surface area contributed by atoms with Crippen molar-refractivity contribution in [3.05, 3.63) is 77.6 Å². The number of fused-ring (bicyclic) bond motifs is 3. The Labute approximate surface area is 184 Å². The highest BCUT2D eigenvalue weighted by molar-refractivity contribution is 6.24. The van der Waals surface area contributed by atoms with E-state index in [0.29, 0.717) is 0 Å². The van der Waals surface area contributed by atoms with Crippen LogP contribution in [0, 0.1) is 17.7 Å². The molecule has 0 saturated carbocycles. The fraction of sp³-hybridized carbons (Fsp3) is 0.217. The molecule has 0 bridgehead atoms. The van der Waals surface area contributed by atoms with E-state index in [1.807, 2.05) is 0 Å². The minimum atomic E-state index is -4.66. The molecule has 2 fully saturated rings. The summed E-state index contributed by atoms with van der Waals surface area (Å²) in [5.41, 5.74) is -1.08. The number of halogens is 4. The van der Waals surface area contributed by atoms with Gasteiger partial charge in [0.25, 0.3) is 0 Å². The van der Waals surface area contributed by atoms with E-state index in [1.54, 1.807) is 12.2 Å². The van der Waals surface area contributed by atoms with Crippen molar-refractivity contribution in [3.63, 3.8) is 0 Å². The molecule has 168 valence electrons. The van der Waals surface area contributed by atoms with Gasteiger partial charge in [-0.15, -0.1) is 0 Å². The van der Waals surface area contributed by atoms with Crippen molar-refractivity contribution in [2.24, 2.45) is 16.9 Å². The van der Waals surface area contributed by atoms with E-state index in [4.69, 9.17) is 0 Å². The van der Waals surface area contributed by atoms with Gasteiger partial charge in [-0.05, 0) is 48.5 Å². The molecule has 3 aliphatic rings. The maximum Gasteiger partial charge on any atom is 0.416 e. The van der Waals surface area contributed by atoms with Crippen LogP contribution in [0.2, 0.25) is 0 Å². The van der Waals surface area contributed by atoms with Crippen molar-refractivity contribution in [2.75, 3.05) is 4.90 Å². The molecular weight excluding hydrogens is 442 g/mol. The highest BCUT2D eigenvalue weighted by Crippen LogP contribution is 2.46. The predicted molar refractivity (Wildman–Crippen MR) is 109 cm³/mol. The lowest BCUT2D eigenvalue weighted by molar-refractivity contribution is -0.137. The summed E-state index contributed by atoms with van der Waals surface area (Å²) in [5.74, 6) is -4.72. The number of hydrazone groups is 1. The van der Waals surface area contributed by atoms with Crippen LogP contribution in [-0.4, -0.2) is 40.9 Å². The summed E-state index contributed by atoms with van der Waals surface area (Å²) in [6.07, 6.45) is -0.0322. The van der Waals surface area contributed by atoms with Gasteiger partial charge in [-0.3, -0.25) is 19.4 Å². The van der Waals surface area contributed by atoms with Crippen LogP contribution in [0.4, 0.5) is 23.2 Å². The number of hydrogen-bond donors (Lipinski definition) is 0. The maximum absolute atomic E-state index is 13.4. The molecule has 0 N–H and O–H groups in total. The number of anilines is 1. The summed E-state index contributed by atoms with van der Waals surface area (Å²) in [5, 5.41) is 5.56. The molecule has 10 heteroatoms. The zero-order valence-corrected chi connectivity index (χ0v) is 16.7. The van der Waals surface area contributed by atoms with Crippen molar-refractivity contribution in [1.82, 2.24) is 5.01 Å². The Morgan fingerprint density at radius 1 is 0.970 bits per heavy atom. The fourth-order valence-electron chi connectivity index (χ4n) is 4.70. The molecular formula is C23H15F4N3O3. The highest BCUT2D eigenvalue weighted by Gasteiger charge is 2.64. The second kappa shape index (κ2) is 7.36. The van der Waals surface area contributed by atoms with Crippen LogP contribution in [0.1, 0.15) is 15.9 Å². The van der Waals surface area contributed by atoms with Crippen LogP contribution >= 0.6 is 0 Å². The molecule has 5 rings (SSSR count). The molecule has 2 aromatic carbocycles. The van der Waals surface area contributed by atoms with Crippen molar-refractivity contribution in [3.8, 4) is 0 Å². The van der Waals surface area contributed by atoms with Crippen LogP contribution in [0.15, 0.2) is 65.8 Å². The van der Waals surface area contributed by atoms with Crippen LogP contribution in [0.25, 0.3) is 0 Å². The van der Waals surface area contributed by atoms with E-state index in [2.05, 4.69) is 5.10 Å². The van der Waals surface area contributed by atoms with E-state index in [0.717, 1.165) is 35.2 Å². The molecule has 2 saturated heterocycles. The van der Waals surface area contributed by atoms with E-state index in [9.17, 15) is 31.9 Å². The van der Waals surface area contributed by atoms with Crippen molar-refractivity contribution < 1.29 is 31.9 Å². The van der Waals surface area contributed by atoms with E-state index >= 15 is 0 Å². The molecule has 2 amide bonds. The van der Waals surface area contributed by atoms with Gasteiger partial charge in [0.1, 0.15) is 11.9 Å². The monoisotopic (exact) mass is 457 g/mol. The average molecular weight is 457 g/mol. The number of benzene rings is 2. The summed E-state index contributed by atoms with van der Waals surface area (Å²) in [7, 11) is 0. The number of alkyl halides is 3. The molecule has 0 aromatic heterocycles. The summed E-state index contributed by atoms with van der Waals surface area (Å²) in [4.78, 5) is 40.8. The molecule has 0 spiro atoms. The first-order valence-electron chi connectivity index (χ1n) is 10.0. The third-order valence-corrected chi connectivity index (χ3v) is 6.12. The van der Waals surface area contributed by atoms with Gasteiger partial charge < -0.3 is 0 Å². The van der Waals surface area contributed by atoms with E-state index in [1.165, 1.54) is 29.4 Å². The van der Waals surface area contributed by atoms with Gasteiger partial charge in [0.15, 0.2) is 5.78 Å². The van der Waals surface area contributed by atoms with Gasteiger partial charge in [0.05, 0.1) is 29.1 Å². The third-order valence-electron chi connectivity index (χ3n) is 6.12. The Morgan fingerprint density at radius 3 is 2.36 bits per heavy atom. The van der Waals surface area contributed by atoms with Gasteiger partial charge >= 0.3 is 6.18 Å². The van der Waals surface area contributed by atoms with Gasteiger partial charge in [-0.25, -0.2) is 9.29 Å². The maximum atomic E-state index is 13.4. The number of Topliss-reactive ketones (excluding diaryl/α,β-unsaturated/α-hetero) is 1. The summed E-state index contributed by atoms with van der Waals surface area (Å²) >= 11 is 0. The SMILES string of the molecule is O=C(c1ccc(F)cc1)[C@H]1[C@H]2C(=O)N(c3cccc(C(F)(F)F)c3)C(=O)[C@H]2[C@@H]2C=CC=NN21. The largest absolute Gasteiger partial charge is 0.416 e. The minimum Gasteiger partial charge on any atom is -0.292 e. The smallest absolute Gasteiger partial charge is 0.292 e. The lowest BCUT2D eigenvalue weighted by Crippen LogP contribution is -2.46. The lowest BCUT2D eigenvalue weighted by atomic mass is 9.86. The molecule has 3 aliphatic heterocycles. The number of carbonyl (C=O) groups is 3.